The number of rotatable bonds is 8. The number of benzene rings is 2. The van der Waals surface area contributed by atoms with Gasteiger partial charge in [0, 0.05) is 28.7 Å². The fourth-order valence-corrected chi connectivity index (χ4v) is 6.16. The maximum absolute atomic E-state index is 13.3. The molecule has 2 aromatic heterocycles. The van der Waals surface area contributed by atoms with Crippen molar-refractivity contribution in [3.05, 3.63) is 66.6 Å². The van der Waals surface area contributed by atoms with Gasteiger partial charge in [0.15, 0.2) is 0 Å². The molecule has 6 rings (SSSR count). The molecule has 2 aromatic carbocycles. The third-order valence-electron chi connectivity index (χ3n) is 8.66. The molecule has 0 spiro atoms. The molecule has 3 amide bonds. The fraction of sp³-hybridized carbons (Fsp3) is 0.382. The average molecular weight is 610 g/mol. The molecule has 11 heteroatoms. The number of ether oxygens (including phenoxy) is 1. The number of H-pyrrole nitrogens is 1. The Morgan fingerprint density at radius 2 is 1.80 bits per heavy atom. The van der Waals surface area contributed by atoms with Gasteiger partial charge in [-0.15, -0.1) is 0 Å². The Hall–Kier alpha value is -4.77. The summed E-state index contributed by atoms with van der Waals surface area (Å²) in [6.07, 6.45) is 4.75. The molecular formula is C34H39N7O4. The molecule has 0 aliphatic carbocycles. The van der Waals surface area contributed by atoms with E-state index in [9.17, 15) is 14.4 Å². The molecule has 3 atom stereocenters. The monoisotopic (exact) mass is 609 g/mol. The van der Waals surface area contributed by atoms with E-state index in [1.807, 2.05) is 56.4 Å². The van der Waals surface area contributed by atoms with E-state index in [1.54, 1.807) is 4.90 Å². The van der Waals surface area contributed by atoms with Gasteiger partial charge >= 0.3 is 6.09 Å². The topological polar surface area (TPSA) is 141 Å². The van der Waals surface area contributed by atoms with Crippen LogP contribution in [0.4, 0.5) is 10.5 Å². The summed E-state index contributed by atoms with van der Waals surface area (Å²) in [5.41, 5.74) is 5.33. The molecule has 11 nitrogen and oxygen atoms in total. The number of aromatic amines is 1. The minimum atomic E-state index is -0.774. The summed E-state index contributed by atoms with van der Waals surface area (Å²) in [6, 6.07) is 16.7. The van der Waals surface area contributed by atoms with E-state index in [2.05, 4.69) is 48.9 Å². The van der Waals surface area contributed by atoms with E-state index >= 15 is 0 Å². The van der Waals surface area contributed by atoms with Crippen LogP contribution in [0.2, 0.25) is 0 Å². The average Bonchev–Trinajstić information content (AvgIpc) is 3.85. The number of hydrogen-bond acceptors (Lipinski definition) is 7. The van der Waals surface area contributed by atoms with E-state index < -0.39 is 18.2 Å². The molecular weight excluding hydrogens is 570 g/mol. The van der Waals surface area contributed by atoms with Crippen LogP contribution in [0.25, 0.3) is 33.4 Å². The van der Waals surface area contributed by atoms with Crippen LogP contribution in [0.3, 0.4) is 0 Å². The smallest absolute Gasteiger partial charge is 0.407 e. The quantitative estimate of drug-likeness (QED) is 0.220. The summed E-state index contributed by atoms with van der Waals surface area (Å²) in [5, 5.41) is 10.1. The van der Waals surface area contributed by atoms with Crippen molar-refractivity contribution in [2.75, 3.05) is 25.5 Å². The Labute approximate surface area is 262 Å². The molecule has 2 aliphatic heterocycles. The first kappa shape index (κ1) is 30.3. The second kappa shape index (κ2) is 13.1. The van der Waals surface area contributed by atoms with Crippen molar-refractivity contribution in [2.24, 2.45) is 5.92 Å². The minimum absolute atomic E-state index is 0.164. The summed E-state index contributed by atoms with van der Waals surface area (Å²) in [6.45, 7) is 5.18. The minimum Gasteiger partial charge on any atom is -0.453 e. The van der Waals surface area contributed by atoms with Gasteiger partial charge in [-0.2, -0.15) is 0 Å². The van der Waals surface area contributed by atoms with Gasteiger partial charge in [0.05, 0.1) is 36.3 Å². The van der Waals surface area contributed by atoms with Gasteiger partial charge in [-0.25, -0.2) is 14.8 Å². The molecule has 45 heavy (non-hydrogen) atoms. The maximum Gasteiger partial charge on any atom is 0.407 e. The molecule has 4 aromatic rings. The van der Waals surface area contributed by atoms with Crippen LogP contribution in [0.1, 0.15) is 51.4 Å². The van der Waals surface area contributed by atoms with Crippen molar-refractivity contribution in [1.29, 1.82) is 0 Å². The van der Waals surface area contributed by atoms with Crippen LogP contribution in [0.15, 0.2) is 60.8 Å². The summed E-state index contributed by atoms with van der Waals surface area (Å²) in [4.78, 5) is 52.9. The number of nitrogens with one attached hydrogen (secondary N) is 4. The molecule has 4 N–H and O–H groups in total. The number of likely N-dealkylation sites (tertiary alicyclic amines) is 1. The number of carbonyl (C=O) groups excluding carboxylic acids is 3. The SMILES string of the molecule is COC(=O)N[C@H](C(=O)N1CCC[C@H]1C(=O)Nc1ccc(-c2ccc3cc(-c4cnc([C@@H]5CCCN5)[nH]4)ccc3n2)cc1)C(C)C. The molecule has 2 aliphatic rings. The molecule has 0 unspecified atom stereocenters. The second-order valence-corrected chi connectivity index (χ2v) is 12.0. The third kappa shape index (κ3) is 6.53. The van der Waals surface area contributed by atoms with E-state index in [-0.39, 0.29) is 17.7 Å². The Morgan fingerprint density at radius 3 is 2.53 bits per heavy atom. The van der Waals surface area contributed by atoms with Crippen LogP contribution in [0.5, 0.6) is 0 Å². The molecule has 0 saturated carbocycles. The predicted molar refractivity (Wildman–Crippen MR) is 172 cm³/mol. The number of imidazole rings is 1. The summed E-state index contributed by atoms with van der Waals surface area (Å²) >= 11 is 0. The van der Waals surface area contributed by atoms with Crippen molar-refractivity contribution >= 4 is 34.5 Å². The fourth-order valence-electron chi connectivity index (χ4n) is 6.16. The second-order valence-electron chi connectivity index (χ2n) is 12.0. The number of hydrogen-bond donors (Lipinski definition) is 4. The number of carbonyl (C=O) groups is 3. The normalized spacial score (nSPS) is 18.7. The molecule has 2 saturated heterocycles. The van der Waals surface area contributed by atoms with Gasteiger partial charge in [-0.3, -0.25) is 9.59 Å². The number of methoxy groups -OCH3 is 1. The van der Waals surface area contributed by atoms with Crippen molar-refractivity contribution in [1.82, 2.24) is 30.5 Å². The van der Waals surface area contributed by atoms with Gasteiger partial charge in [-0.05, 0) is 68.5 Å². The van der Waals surface area contributed by atoms with E-state index in [1.165, 1.54) is 13.5 Å². The number of fused-ring (bicyclic) bond motifs is 1. The summed E-state index contributed by atoms with van der Waals surface area (Å²) in [7, 11) is 1.26. The van der Waals surface area contributed by atoms with Gasteiger partial charge in [0.25, 0.3) is 0 Å². The highest BCUT2D eigenvalue weighted by molar-refractivity contribution is 5.99. The summed E-state index contributed by atoms with van der Waals surface area (Å²) < 4.78 is 4.69. The van der Waals surface area contributed by atoms with Gasteiger partial charge in [0.2, 0.25) is 11.8 Å². The largest absolute Gasteiger partial charge is 0.453 e. The Kier molecular flexibility index (Phi) is 8.79. The highest BCUT2D eigenvalue weighted by Crippen LogP contribution is 2.29. The lowest BCUT2D eigenvalue weighted by molar-refractivity contribution is -0.139. The van der Waals surface area contributed by atoms with Crippen LogP contribution >= 0.6 is 0 Å². The highest BCUT2D eigenvalue weighted by Gasteiger charge is 2.38. The number of pyridine rings is 1. The molecule has 2 fully saturated rings. The van der Waals surface area contributed by atoms with Crippen LogP contribution in [-0.2, 0) is 14.3 Å². The van der Waals surface area contributed by atoms with Crippen molar-refractivity contribution < 1.29 is 19.1 Å². The van der Waals surface area contributed by atoms with Gasteiger partial charge in [0.1, 0.15) is 17.9 Å². The number of aromatic nitrogens is 3. The zero-order valence-electron chi connectivity index (χ0n) is 25.8. The first-order valence-corrected chi connectivity index (χ1v) is 15.6. The Bertz CT molecular complexity index is 1690. The Balaban J connectivity index is 1.11. The van der Waals surface area contributed by atoms with Crippen LogP contribution in [0, 0.1) is 5.92 Å². The maximum atomic E-state index is 13.3. The van der Waals surface area contributed by atoms with E-state index in [0.717, 1.165) is 52.2 Å². The van der Waals surface area contributed by atoms with E-state index in [4.69, 9.17) is 4.98 Å². The number of amides is 3. The number of anilines is 1. The summed E-state index contributed by atoms with van der Waals surface area (Å²) in [5.74, 6) is 0.284. The third-order valence-corrected chi connectivity index (χ3v) is 8.66. The van der Waals surface area contributed by atoms with E-state index in [0.29, 0.717) is 31.1 Å². The van der Waals surface area contributed by atoms with Gasteiger partial charge < -0.3 is 30.6 Å². The first-order chi connectivity index (χ1) is 21.8. The number of alkyl carbamates (subject to hydrolysis) is 1. The molecule has 0 radical (unpaired) electrons. The van der Waals surface area contributed by atoms with Crippen LogP contribution < -0.4 is 16.0 Å². The zero-order valence-corrected chi connectivity index (χ0v) is 25.8. The van der Waals surface area contributed by atoms with Gasteiger partial charge in [-0.1, -0.05) is 38.1 Å². The highest BCUT2D eigenvalue weighted by atomic mass is 16.5. The number of nitrogens with zero attached hydrogens (tertiary/aromatic N) is 3. The van der Waals surface area contributed by atoms with Crippen LogP contribution in [-0.4, -0.2) is 70.0 Å². The molecule has 4 heterocycles. The Morgan fingerprint density at radius 1 is 1.00 bits per heavy atom. The first-order valence-electron chi connectivity index (χ1n) is 15.6. The van der Waals surface area contributed by atoms with Crippen molar-refractivity contribution in [3.63, 3.8) is 0 Å². The molecule has 0 bridgehead atoms. The molecule has 234 valence electrons. The lowest BCUT2D eigenvalue weighted by atomic mass is 10.0. The lowest BCUT2D eigenvalue weighted by Crippen LogP contribution is -2.54. The predicted octanol–water partition coefficient (Wildman–Crippen LogP) is 5.03. The zero-order chi connectivity index (χ0) is 31.5. The van der Waals surface area contributed by atoms with Crippen molar-refractivity contribution in [3.8, 4) is 22.5 Å². The standard InChI is InChI=1S/C34H39N7O4/c1-20(2)30(40-34(44)45-3)33(43)41-17-5-7-29(41)32(42)37-24-12-8-21(9-13-24)25-14-10-22-18-23(11-15-26(22)38-25)28-19-36-31(39-28)27-6-4-16-35-27/h8-15,18-20,27,29-30,35H,4-7,16-17H2,1-3H3,(H,36,39)(H,37,42)(H,40,44)/t27-,29-,30-/m0/s1. The lowest BCUT2D eigenvalue weighted by Gasteiger charge is -2.30. The van der Waals surface area contributed by atoms with Crippen molar-refractivity contribution in [2.45, 2.75) is 57.7 Å².